The van der Waals surface area contributed by atoms with Gasteiger partial charge in [0.05, 0.1) is 7.11 Å². The molecule has 1 aliphatic carbocycles. The van der Waals surface area contributed by atoms with Crippen LogP contribution in [0.4, 0.5) is 5.82 Å². The fourth-order valence-corrected chi connectivity index (χ4v) is 2.92. The van der Waals surface area contributed by atoms with E-state index in [1.165, 1.54) is 25.7 Å². The van der Waals surface area contributed by atoms with Gasteiger partial charge in [-0.3, -0.25) is 0 Å². The number of methoxy groups -OCH3 is 1. The van der Waals surface area contributed by atoms with Crippen LogP contribution in [0, 0.1) is 0 Å². The zero-order chi connectivity index (χ0) is 14.7. The monoisotopic (exact) mass is 283 g/mol. The molecule has 1 aliphatic rings. The van der Waals surface area contributed by atoms with Crippen LogP contribution in [0.25, 0.3) is 11.4 Å². The minimum atomic E-state index is 0.574. The van der Waals surface area contributed by atoms with Crippen LogP contribution in [-0.4, -0.2) is 24.1 Å². The molecule has 4 nitrogen and oxygen atoms in total. The van der Waals surface area contributed by atoms with Gasteiger partial charge in [-0.05, 0) is 25.0 Å². The Morgan fingerprint density at radius 2 is 1.95 bits per heavy atom. The van der Waals surface area contributed by atoms with Crippen molar-refractivity contribution in [2.45, 2.75) is 31.6 Å². The van der Waals surface area contributed by atoms with Gasteiger partial charge in [0, 0.05) is 30.3 Å². The van der Waals surface area contributed by atoms with Gasteiger partial charge in [0.15, 0.2) is 5.82 Å². The number of aromatic nitrogens is 2. The normalized spacial score (nSPS) is 15.1. The topological polar surface area (TPSA) is 47.0 Å². The van der Waals surface area contributed by atoms with Gasteiger partial charge >= 0.3 is 0 Å². The number of benzene rings is 1. The fourth-order valence-electron chi connectivity index (χ4n) is 2.92. The number of hydrogen-bond donors (Lipinski definition) is 1. The molecule has 1 aromatic heterocycles. The second-order valence-corrected chi connectivity index (χ2v) is 5.46. The molecule has 1 saturated carbocycles. The van der Waals surface area contributed by atoms with Crippen LogP contribution in [-0.2, 0) is 0 Å². The number of hydrogen-bond acceptors (Lipinski definition) is 4. The van der Waals surface area contributed by atoms with E-state index in [0.29, 0.717) is 5.92 Å². The van der Waals surface area contributed by atoms with E-state index in [0.717, 1.165) is 28.6 Å². The number of anilines is 1. The highest BCUT2D eigenvalue weighted by molar-refractivity contribution is 5.60. The van der Waals surface area contributed by atoms with Gasteiger partial charge in [-0.25, -0.2) is 9.97 Å². The molecule has 0 aliphatic heterocycles. The van der Waals surface area contributed by atoms with Crippen molar-refractivity contribution in [3.63, 3.8) is 0 Å². The molecule has 4 heteroatoms. The highest BCUT2D eigenvalue weighted by atomic mass is 16.5. The van der Waals surface area contributed by atoms with Gasteiger partial charge in [-0.2, -0.15) is 0 Å². The van der Waals surface area contributed by atoms with Gasteiger partial charge in [0.25, 0.3) is 0 Å². The molecule has 0 amide bonds. The third-order valence-electron chi connectivity index (χ3n) is 4.10. The van der Waals surface area contributed by atoms with Crippen molar-refractivity contribution in [2.75, 3.05) is 19.5 Å². The predicted octanol–water partition coefficient (Wildman–Crippen LogP) is 3.85. The van der Waals surface area contributed by atoms with Crippen molar-refractivity contribution in [3.05, 3.63) is 36.0 Å². The Balaban J connectivity index is 2.02. The lowest BCUT2D eigenvalue weighted by atomic mass is 10.0. The lowest BCUT2D eigenvalue weighted by molar-refractivity contribution is 0.415. The second kappa shape index (κ2) is 6.12. The highest BCUT2D eigenvalue weighted by Crippen LogP contribution is 2.34. The van der Waals surface area contributed by atoms with E-state index in [1.807, 2.05) is 31.3 Å². The van der Waals surface area contributed by atoms with Crippen molar-refractivity contribution in [3.8, 4) is 17.1 Å². The second-order valence-electron chi connectivity index (χ2n) is 5.46. The van der Waals surface area contributed by atoms with Crippen molar-refractivity contribution in [1.82, 2.24) is 9.97 Å². The van der Waals surface area contributed by atoms with Crippen LogP contribution < -0.4 is 10.1 Å². The first-order chi connectivity index (χ1) is 10.3. The molecule has 0 atom stereocenters. The SMILES string of the molecule is CNc1cc(C2CCCC2)nc(-c2cccc(OC)c2)n1. The van der Waals surface area contributed by atoms with Gasteiger partial charge < -0.3 is 10.1 Å². The van der Waals surface area contributed by atoms with Crippen LogP contribution in [0.15, 0.2) is 30.3 Å². The summed E-state index contributed by atoms with van der Waals surface area (Å²) in [4.78, 5) is 9.39. The van der Waals surface area contributed by atoms with Crippen LogP contribution in [0.2, 0.25) is 0 Å². The molecule has 0 radical (unpaired) electrons. The maximum Gasteiger partial charge on any atom is 0.161 e. The summed E-state index contributed by atoms with van der Waals surface area (Å²) >= 11 is 0. The minimum absolute atomic E-state index is 0.574. The van der Waals surface area contributed by atoms with Crippen molar-refractivity contribution >= 4 is 5.82 Å². The van der Waals surface area contributed by atoms with E-state index >= 15 is 0 Å². The summed E-state index contributed by atoms with van der Waals surface area (Å²) in [6, 6.07) is 9.99. The Bertz CT molecular complexity index is 621. The van der Waals surface area contributed by atoms with E-state index in [4.69, 9.17) is 9.72 Å². The number of nitrogens with zero attached hydrogens (tertiary/aromatic N) is 2. The lowest BCUT2D eigenvalue weighted by Crippen LogP contribution is -2.03. The molecule has 0 spiro atoms. The molecule has 110 valence electrons. The predicted molar refractivity (Wildman–Crippen MR) is 84.8 cm³/mol. The fraction of sp³-hybridized carbons (Fsp3) is 0.412. The van der Waals surface area contributed by atoms with Gasteiger partial charge in [-0.15, -0.1) is 0 Å². The van der Waals surface area contributed by atoms with E-state index in [-0.39, 0.29) is 0 Å². The van der Waals surface area contributed by atoms with E-state index in [9.17, 15) is 0 Å². The van der Waals surface area contributed by atoms with Crippen LogP contribution in [0.5, 0.6) is 5.75 Å². The van der Waals surface area contributed by atoms with Crippen LogP contribution >= 0.6 is 0 Å². The minimum Gasteiger partial charge on any atom is -0.497 e. The summed E-state index contributed by atoms with van der Waals surface area (Å²) in [6.07, 6.45) is 5.07. The molecular weight excluding hydrogens is 262 g/mol. The Labute approximate surface area is 125 Å². The molecular formula is C17H21N3O. The summed E-state index contributed by atoms with van der Waals surface area (Å²) in [7, 11) is 3.57. The quantitative estimate of drug-likeness (QED) is 0.925. The first-order valence-electron chi connectivity index (χ1n) is 7.51. The molecule has 1 fully saturated rings. The lowest BCUT2D eigenvalue weighted by Gasteiger charge is -2.12. The maximum absolute atomic E-state index is 5.29. The Kier molecular flexibility index (Phi) is 4.04. The van der Waals surface area contributed by atoms with E-state index < -0.39 is 0 Å². The molecule has 0 saturated heterocycles. The van der Waals surface area contributed by atoms with Crippen molar-refractivity contribution < 1.29 is 4.74 Å². The van der Waals surface area contributed by atoms with Gasteiger partial charge in [0.2, 0.25) is 0 Å². The summed E-state index contributed by atoms with van der Waals surface area (Å²) in [5.74, 6) is 3.05. The van der Waals surface area contributed by atoms with Crippen LogP contribution in [0.3, 0.4) is 0 Å². The molecule has 1 aromatic carbocycles. The molecule has 3 rings (SSSR count). The summed E-state index contributed by atoms with van der Waals surface area (Å²) < 4.78 is 5.29. The smallest absolute Gasteiger partial charge is 0.161 e. The Hall–Kier alpha value is -2.10. The molecule has 0 bridgehead atoms. The summed E-state index contributed by atoms with van der Waals surface area (Å²) in [6.45, 7) is 0. The zero-order valence-corrected chi connectivity index (χ0v) is 12.6. The van der Waals surface area contributed by atoms with Crippen LogP contribution in [0.1, 0.15) is 37.3 Å². The average Bonchev–Trinajstić information content (AvgIpc) is 3.09. The standard InChI is InChI=1S/C17H21N3O/c1-18-16-11-15(12-6-3-4-7-12)19-17(20-16)13-8-5-9-14(10-13)21-2/h5,8-12H,3-4,6-7H2,1-2H3,(H,18,19,20). The van der Waals surface area contributed by atoms with Crippen molar-refractivity contribution in [1.29, 1.82) is 0 Å². The highest BCUT2D eigenvalue weighted by Gasteiger charge is 2.20. The van der Waals surface area contributed by atoms with E-state index in [2.05, 4.69) is 16.4 Å². The Morgan fingerprint density at radius 1 is 1.14 bits per heavy atom. The zero-order valence-electron chi connectivity index (χ0n) is 12.6. The summed E-state index contributed by atoms with van der Waals surface area (Å²) in [5.41, 5.74) is 2.15. The average molecular weight is 283 g/mol. The Morgan fingerprint density at radius 3 is 2.67 bits per heavy atom. The third-order valence-corrected chi connectivity index (χ3v) is 4.10. The summed E-state index contributed by atoms with van der Waals surface area (Å²) in [5, 5.41) is 3.15. The van der Waals surface area contributed by atoms with E-state index in [1.54, 1.807) is 7.11 Å². The molecule has 1 N–H and O–H groups in total. The first kappa shape index (κ1) is 13.9. The number of ether oxygens (including phenoxy) is 1. The van der Waals surface area contributed by atoms with Gasteiger partial charge in [-0.1, -0.05) is 25.0 Å². The number of rotatable bonds is 4. The molecule has 0 unspecified atom stereocenters. The first-order valence-corrected chi connectivity index (χ1v) is 7.51. The maximum atomic E-state index is 5.29. The van der Waals surface area contributed by atoms with Crippen molar-refractivity contribution in [2.24, 2.45) is 0 Å². The van der Waals surface area contributed by atoms with Gasteiger partial charge in [0.1, 0.15) is 11.6 Å². The molecule has 1 heterocycles. The molecule has 2 aromatic rings. The molecule has 21 heavy (non-hydrogen) atoms. The number of nitrogens with one attached hydrogen (secondary N) is 1. The largest absolute Gasteiger partial charge is 0.497 e. The third kappa shape index (κ3) is 2.99.